The van der Waals surface area contributed by atoms with Gasteiger partial charge in [0.05, 0.1) is 12.8 Å². The number of carbonyl (C=O) groups is 1. The van der Waals surface area contributed by atoms with Crippen LogP contribution >= 0.6 is 12.4 Å². The highest BCUT2D eigenvalue weighted by molar-refractivity contribution is 5.93. The summed E-state index contributed by atoms with van der Waals surface area (Å²) >= 11 is 0. The Bertz CT molecular complexity index is 881. The molecule has 6 heteroatoms. The molecule has 0 saturated carbocycles. The molecule has 0 spiro atoms. The van der Waals surface area contributed by atoms with Gasteiger partial charge in [0.1, 0.15) is 5.75 Å². The van der Waals surface area contributed by atoms with Gasteiger partial charge < -0.3 is 14.5 Å². The van der Waals surface area contributed by atoms with Crippen LogP contribution in [0, 0.1) is 0 Å². The quantitative estimate of drug-likeness (QED) is 0.724. The summed E-state index contributed by atoms with van der Waals surface area (Å²) < 4.78 is 5.53. The lowest BCUT2D eigenvalue weighted by Gasteiger charge is -2.39. The first-order valence-electron chi connectivity index (χ1n) is 10.6. The summed E-state index contributed by atoms with van der Waals surface area (Å²) in [6.07, 6.45) is 2.01. The predicted molar refractivity (Wildman–Crippen MR) is 125 cm³/mol. The van der Waals surface area contributed by atoms with Gasteiger partial charge in [-0.15, -0.1) is 12.4 Å². The Morgan fingerprint density at radius 2 is 1.77 bits per heavy atom. The molecule has 1 unspecified atom stereocenters. The average molecular weight is 430 g/mol. The summed E-state index contributed by atoms with van der Waals surface area (Å²) in [7, 11) is 1.74. The van der Waals surface area contributed by atoms with Crippen molar-refractivity contribution >= 4 is 29.7 Å². The molecule has 0 aliphatic carbocycles. The van der Waals surface area contributed by atoms with E-state index in [0.29, 0.717) is 6.04 Å². The molecular weight excluding hydrogens is 398 g/mol. The van der Waals surface area contributed by atoms with Gasteiger partial charge in [0.25, 0.3) is 0 Å². The summed E-state index contributed by atoms with van der Waals surface area (Å²) in [4.78, 5) is 18.7. The largest absolute Gasteiger partial charge is 0.495 e. The van der Waals surface area contributed by atoms with Crippen LogP contribution in [0.4, 0.5) is 11.4 Å². The molecule has 30 heavy (non-hydrogen) atoms. The molecule has 162 valence electrons. The molecule has 1 atom stereocenters. The third-order valence-electron chi connectivity index (χ3n) is 6.31. The number of benzene rings is 2. The maximum absolute atomic E-state index is 11.8. The first-order chi connectivity index (χ1) is 14.1. The molecule has 4 rings (SSSR count). The van der Waals surface area contributed by atoms with E-state index in [2.05, 4.69) is 47.1 Å². The number of fused-ring (bicyclic) bond motifs is 1. The number of para-hydroxylation sites is 2. The van der Waals surface area contributed by atoms with Gasteiger partial charge in [-0.25, -0.2) is 0 Å². The van der Waals surface area contributed by atoms with Crippen LogP contribution in [-0.2, 0) is 17.6 Å². The molecular formula is C24H32ClN3O2. The van der Waals surface area contributed by atoms with Crippen LogP contribution in [0.15, 0.2) is 42.5 Å². The number of rotatable bonds is 5. The van der Waals surface area contributed by atoms with Gasteiger partial charge >= 0.3 is 0 Å². The van der Waals surface area contributed by atoms with E-state index in [9.17, 15) is 4.79 Å². The van der Waals surface area contributed by atoms with E-state index in [1.807, 2.05) is 17.0 Å². The number of anilines is 2. The van der Waals surface area contributed by atoms with E-state index in [-0.39, 0.29) is 18.3 Å². The zero-order valence-electron chi connectivity index (χ0n) is 18.1. The molecule has 0 N–H and O–H groups in total. The highest BCUT2D eigenvalue weighted by Gasteiger charge is 2.25. The van der Waals surface area contributed by atoms with Crippen LogP contribution in [0.2, 0.25) is 0 Å². The normalized spacial score (nSPS) is 17.3. The fourth-order valence-electron chi connectivity index (χ4n) is 4.67. The summed E-state index contributed by atoms with van der Waals surface area (Å²) in [6, 6.07) is 15.4. The third kappa shape index (κ3) is 4.57. The molecule has 1 saturated heterocycles. The molecule has 2 aliphatic heterocycles. The minimum absolute atomic E-state index is 0. The Labute approximate surface area is 186 Å². The number of carbonyl (C=O) groups excluding carboxylic acids is 1. The minimum Gasteiger partial charge on any atom is -0.495 e. The monoisotopic (exact) mass is 429 g/mol. The Morgan fingerprint density at radius 1 is 1.03 bits per heavy atom. The first kappa shape index (κ1) is 22.4. The second-order valence-corrected chi connectivity index (χ2v) is 8.13. The van der Waals surface area contributed by atoms with Crippen LogP contribution in [-0.4, -0.2) is 56.7 Å². The van der Waals surface area contributed by atoms with Crippen LogP contribution in [0.5, 0.6) is 5.75 Å². The standard InChI is InChI=1S/C24H31N3O2.ClH/c1-18(16-20-8-9-22-21(17-20)10-11-27(22)19(2)28)25-12-14-26(15-13-25)23-6-4-5-7-24(23)29-3;/h4-9,17-18H,10-16H2,1-3H3;1H. The molecule has 1 amide bonds. The zero-order valence-corrected chi connectivity index (χ0v) is 19.0. The number of hydrogen-bond acceptors (Lipinski definition) is 4. The number of hydrogen-bond donors (Lipinski definition) is 0. The van der Waals surface area contributed by atoms with Gasteiger partial charge in [0, 0.05) is 51.4 Å². The molecule has 0 aromatic heterocycles. The fourth-order valence-corrected chi connectivity index (χ4v) is 4.67. The van der Waals surface area contributed by atoms with Crippen LogP contribution in [0.1, 0.15) is 25.0 Å². The highest BCUT2D eigenvalue weighted by Crippen LogP contribution is 2.30. The van der Waals surface area contributed by atoms with E-state index in [1.165, 1.54) is 16.8 Å². The summed E-state index contributed by atoms with van der Waals surface area (Å²) in [5.74, 6) is 1.09. The number of amides is 1. The smallest absolute Gasteiger partial charge is 0.223 e. The lowest BCUT2D eigenvalue weighted by molar-refractivity contribution is -0.116. The van der Waals surface area contributed by atoms with Crippen molar-refractivity contribution in [3.63, 3.8) is 0 Å². The molecule has 2 aromatic carbocycles. The molecule has 5 nitrogen and oxygen atoms in total. The number of methoxy groups -OCH3 is 1. The van der Waals surface area contributed by atoms with Gasteiger partial charge in [-0.3, -0.25) is 9.69 Å². The summed E-state index contributed by atoms with van der Waals surface area (Å²) in [6.45, 7) is 8.94. The van der Waals surface area contributed by atoms with E-state index < -0.39 is 0 Å². The van der Waals surface area contributed by atoms with Gasteiger partial charge in [0.2, 0.25) is 5.91 Å². The second kappa shape index (κ2) is 9.71. The maximum Gasteiger partial charge on any atom is 0.223 e. The van der Waals surface area contributed by atoms with Gasteiger partial charge in [-0.2, -0.15) is 0 Å². The number of nitrogens with zero attached hydrogens (tertiary/aromatic N) is 3. The fraction of sp³-hybridized carbons (Fsp3) is 0.458. The maximum atomic E-state index is 11.8. The first-order valence-corrected chi connectivity index (χ1v) is 10.6. The Morgan fingerprint density at radius 3 is 2.47 bits per heavy atom. The van der Waals surface area contributed by atoms with Gasteiger partial charge in [-0.05, 0) is 49.1 Å². The minimum atomic E-state index is 0. The van der Waals surface area contributed by atoms with Crippen molar-refractivity contribution in [2.24, 2.45) is 0 Å². The molecule has 0 radical (unpaired) electrons. The lowest BCUT2D eigenvalue weighted by atomic mass is 10.0. The zero-order chi connectivity index (χ0) is 20.4. The van der Waals surface area contributed by atoms with E-state index >= 15 is 0 Å². The van der Waals surface area contributed by atoms with Gasteiger partial charge in [0.15, 0.2) is 0 Å². The number of halogens is 1. The third-order valence-corrected chi connectivity index (χ3v) is 6.31. The van der Waals surface area contributed by atoms with Crippen LogP contribution in [0.25, 0.3) is 0 Å². The molecule has 2 aliphatic rings. The van der Waals surface area contributed by atoms with Crippen molar-refractivity contribution in [3.8, 4) is 5.75 Å². The molecule has 1 fully saturated rings. The Balaban J connectivity index is 0.00000256. The van der Waals surface area contributed by atoms with Gasteiger partial charge in [-0.1, -0.05) is 24.3 Å². The van der Waals surface area contributed by atoms with Crippen LogP contribution in [0.3, 0.4) is 0 Å². The average Bonchev–Trinajstić information content (AvgIpc) is 3.17. The molecule has 0 bridgehead atoms. The van der Waals surface area contributed by atoms with Crippen molar-refractivity contribution in [1.29, 1.82) is 0 Å². The molecule has 2 aromatic rings. The van der Waals surface area contributed by atoms with Crippen molar-refractivity contribution in [2.75, 3.05) is 49.6 Å². The number of piperazine rings is 1. The van der Waals surface area contributed by atoms with Crippen molar-refractivity contribution in [3.05, 3.63) is 53.6 Å². The second-order valence-electron chi connectivity index (χ2n) is 8.13. The van der Waals surface area contributed by atoms with Crippen LogP contribution < -0.4 is 14.5 Å². The summed E-state index contributed by atoms with van der Waals surface area (Å²) in [5, 5.41) is 0. The SMILES string of the molecule is COc1ccccc1N1CCN(C(C)Cc2ccc3c(c2)CCN3C(C)=O)CC1.Cl. The number of ether oxygens (including phenoxy) is 1. The Kier molecular flexibility index (Phi) is 7.27. The van der Waals surface area contributed by atoms with Crippen molar-refractivity contribution in [1.82, 2.24) is 4.90 Å². The molecule has 2 heterocycles. The van der Waals surface area contributed by atoms with Crippen molar-refractivity contribution in [2.45, 2.75) is 32.7 Å². The highest BCUT2D eigenvalue weighted by atomic mass is 35.5. The van der Waals surface area contributed by atoms with E-state index in [1.54, 1.807) is 14.0 Å². The van der Waals surface area contributed by atoms with E-state index in [4.69, 9.17) is 4.74 Å². The predicted octanol–water partition coefficient (Wildman–Crippen LogP) is 3.78. The van der Waals surface area contributed by atoms with Crippen molar-refractivity contribution < 1.29 is 9.53 Å². The Hall–Kier alpha value is -2.24. The topological polar surface area (TPSA) is 36.0 Å². The lowest BCUT2D eigenvalue weighted by Crippen LogP contribution is -2.50. The summed E-state index contributed by atoms with van der Waals surface area (Å²) in [5.41, 5.74) is 4.97. The van der Waals surface area contributed by atoms with E-state index in [0.717, 1.165) is 57.0 Å².